The van der Waals surface area contributed by atoms with Crippen LogP contribution in [0.5, 0.6) is 5.75 Å². The van der Waals surface area contributed by atoms with Gasteiger partial charge in [0.15, 0.2) is 11.9 Å². The molecule has 0 heterocycles. The van der Waals surface area contributed by atoms with E-state index in [9.17, 15) is 9.59 Å². The predicted molar refractivity (Wildman–Crippen MR) is 71.2 cm³/mol. The van der Waals surface area contributed by atoms with E-state index in [1.54, 1.807) is 0 Å². The molecule has 0 aliphatic heterocycles. The summed E-state index contributed by atoms with van der Waals surface area (Å²) in [6, 6.07) is 4.39. The molecule has 0 fully saturated rings. The number of nitrogen functional groups attached to an aromatic ring is 1. The number of amides is 1. The molecule has 1 amide bonds. The van der Waals surface area contributed by atoms with E-state index in [4.69, 9.17) is 15.6 Å². The summed E-state index contributed by atoms with van der Waals surface area (Å²) in [5, 5.41) is 11.7. The van der Waals surface area contributed by atoms with Crippen molar-refractivity contribution in [2.24, 2.45) is 0 Å². The number of hydrogen-bond donors (Lipinski definition) is 3. The second-order valence-corrected chi connectivity index (χ2v) is 4.45. The van der Waals surface area contributed by atoms with Gasteiger partial charge in [-0.2, -0.15) is 0 Å². The van der Waals surface area contributed by atoms with E-state index in [1.165, 1.54) is 25.1 Å². The van der Waals surface area contributed by atoms with Gasteiger partial charge in [-0.25, -0.2) is 4.79 Å². The van der Waals surface area contributed by atoms with Crippen molar-refractivity contribution in [1.29, 1.82) is 0 Å². The van der Waals surface area contributed by atoms with Crippen LogP contribution in [0.3, 0.4) is 0 Å². The maximum Gasteiger partial charge on any atom is 0.339 e. The predicted octanol–water partition coefficient (Wildman–Crippen LogP) is 1.26. The highest BCUT2D eigenvalue weighted by atomic mass is 16.5. The van der Waals surface area contributed by atoms with Crippen molar-refractivity contribution in [2.75, 3.05) is 5.73 Å². The lowest BCUT2D eigenvalue weighted by Gasteiger charge is -2.18. The molecule has 0 aromatic heterocycles. The van der Waals surface area contributed by atoms with Crippen LogP contribution in [0.4, 0.5) is 5.69 Å². The molecule has 0 aliphatic rings. The number of hydrogen-bond acceptors (Lipinski definition) is 4. The van der Waals surface area contributed by atoms with Crippen LogP contribution >= 0.6 is 0 Å². The summed E-state index contributed by atoms with van der Waals surface area (Å²) in [4.78, 5) is 22.8. The Morgan fingerprint density at radius 2 is 1.95 bits per heavy atom. The minimum absolute atomic E-state index is 0.0152. The number of carboxylic acids is 1. The third kappa shape index (κ3) is 3.87. The van der Waals surface area contributed by atoms with E-state index in [2.05, 4.69) is 5.32 Å². The van der Waals surface area contributed by atoms with Gasteiger partial charge in [-0.05, 0) is 32.9 Å². The smallest absolute Gasteiger partial charge is 0.339 e. The molecule has 1 aromatic rings. The van der Waals surface area contributed by atoms with Crippen LogP contribution in [-0.4, -0.2) is 29.1 Å². The number of nitrogens with two attached hydrogens (primary N) is 1. The molecule has 0 saturated carbocycles. The Hall–Kier alpha value is -2.24. The van der Waals surface area contributed by atoms with Gasteiger partial charge in [-0.1, -0.05) is 6.07 Å². The van der Waals surface area contributed by atoms with Gasteiger partial charge < -0.3 is 20.9 Å². The van der Waals surface area contributed by atoms with Crippen LogP contribution in [-0.2, 0) is 4.79 Å². The van der Waals surface area contributed by atoms with E-state index in [1.807, 2.05) is 13.8 Å². The molecule has 6 nitrogen and oxygen atoms in total. The fourth-order valence-corrected chi connectivity index (χ4v) is 1.49. The fraction of sp³-hybridized carbons (Fsp3) is 0.385. The molecule has 104 valence electrons. The van der Waals surface area contributed by atoms with Gasteiger partial charge in [0, 0.05) is 6.04 Å². The average molecular weight is 266 g/mol. The van der Waals surface area contributed by atoms with Crippen LogP contribution in [0.2, 0.25) is 0 Å². The van der Waals surface area contributed by atoms with Gasteiger partial charge in [0.1, 0.15) is 5.56 Å². The number of nitrogens with one attached hydrogen (secondary N) is 1. The molecule has 4 N–H and O–H groups in total. The monoisotopic (exact) mass is 266 g/mol. The van der Waals surface area contributed by atoms with Crippen molar-refractivity contribution in [3.05, 3.63) is 23.8 Å². The molecular formula is C13H18N2O4. The molecule has 0 saturated heterocycles. The van der Waals surface area contributed by atoms with Gasteiger partial charge in [0.05, 0.1) is 5.69 Å². The number of ether oxygens (including phenoxy) is 1. The largest absolute Gasteiger partial charge is 0.478 e. The van der Waals surface area contributed by atoms with E-state index >= 15 is 0 Å². The first kappa shape index (κ1) is 14.8. The Bertz CT molecular complexity index is 486. The lowest BCUT2D eigenvalue weighted by molar-refractivity contribution is -0.127. The zero-order chi connectivity index (χ0) is 14.6. The van der Waals surface area contributed by atoms with Crippen LogP contribution in [0.1, 0.15) is 31.1 Å². The van der Waals surface area contributed by atoms with Gasteiger partial charge >= 0.3 is 5.97 Å². The summed E-state index contributed by atoms with van der Waals surface area (Å²) in [6.07, 6.45) is -0.829. The van der Waals surface area contributed by atoms with Crippen LogP contribution in [0.25, 0.3) is 0 Å². The quantitative estimate of drug-likeness (QED) is 0.696. The van der Waals surface area contributed by atoms with Crippen molar-refractivity contribution in [3.63, 3.8) is 0 Å². The standard InChI is InChI=1S/C13H18N2O4/c1-7(2)15-12(16)8(3)19-11-9(13(17)18)5-4-6-10(11)14/h4-8H,14H2,1-3H3,(H,15,16)(H,17,18). The molecule has 0 bridgehead atoms. The summed E-state index contributed by atoms with van der Waals surface area (Å²) < 4.78 is 5.38. The summed E-state index contributed by atoms with van der Waals surface area (Å²) in [5.74, 6) is -1.46. The van der Waals surface area contributed by atoms with Crippen molar-refractivity contribution in [2.45, 2.75) is 32.9 Å². The van der Waals surface area contributed by atoms with Gasteiger partial charge in [0.25, 0.3) is 5.91 Å². The Morgan fingerprint density at radius 1 is 1.32 bits per heavy atom. The van der Waals surface area contributed by atoms with Gasteiger partial charge in [-0.15, -0.1) is 0 Å². The summed E-state index contributed by atoms with van der Waals surface area (Å²) in [7, 11) is 0. The zero-order valence-electron chi connectivity index (χ0n) is 11.1. The maximum atomic E-state index is 11.7. The molecule has 1 unspecified atom stereocenters. The summed E-state index contributed by atoms with van der Waals surface area (Å²) in [6.45, 7) is 5.18. The summed E-state index contributed by atoms with van der Waals surface area (Å²) in [5.41, 5.74) is 5.81. The number of rotatable bonds is 5. The van der Waals surface area contributed by atoms with E-state index in [0.29, 0.717) is 0 Å². The Kier molecular flexibility index (Phi) is 4.74. The van der Waals surface area contributed by atoms with Crippen LogP contribution < -0.4 is 15.8 Å². The molecular weight excluding hydrogens is 248 g/mol. The molecule has 0 aliphatic carbocycles. The lowest BCUT2D eigenvalue weighted by Crippen LogP contribution is -2.40. The molecule has 1 atom stereocenters. The Morgan fingerprint density at radius 3 is 2.47 bits per heavy atom. The first-order valence-electron chi connectivity index (χ1n) is 5.91. The number of anilines is 1. The number of benzene rings is 1. The fourth-order valence-electron chi connectivity index (χ4n) is 1.49. The van der Waals surface area contributed by atoms with Gasteiger partial charge in [-0.3, -0.25) is 4.79 Å². The topological polar surface area (TPSA) is 102 Å². The van der Waals surface area contributed by atoms with E-state index in [-0.39, 0.29) is 28.9 Å². The van der Waals surface area contributed by atoms with Crippen molar-refractivity contribution in [3.8, 4) is 5.75 Å². The summed E-state index contributed by atoms with van der Waals surface area (Å²) >= 11 is 0. The van der Waals surface area contributed by atoms with Gasteiger partial charge in [0.2, 0.25) is 0 Å². The maximum absolute atomic E-state index is 11.7. The highest BCUT2D eigenvalue weighted by Crippen LogP contribution is 2.27. The van der Waals surface area contributed by atoms with Crippen LogP contribution in [0.15, 0.2) is 18.2 Å². The minimum Gasteiger partial charge on any atom is -0.478 e. The highest BCUT2D eigenvalue weighted by molar-refractivity contribution is 5.93. The molecule has 0 radical (unpaired) electrons. The van der Waals surface area contributed by atoms with Crippen LogP contribution in [0, 0.1) is 0 Å². The molecule has 1 aromatic carbocycles. The Balaban J connectivity index is 2.93. The number of carbonyl (C=O) groups is 2. The first-order valence-corrected chi connectivity index (χ1v) is 5.91. The highest BCUT2D eigenvalue weighted by Gasteiger charge is 2.20. The Labute approximate surface area is 111 Å². The molecule has 19 heavy (non-hydrogen) atoms. The minimum atomic E-state index is -1.15. The number of aromatic carboxylic acids is 1. The first-order chi connectivity index (χ1) is 8.82. The normalized spacial score (nSPS) is 12.0. The SMILES string of the molecule is CC(C)NC(=O)C(C)Oc1c(N)cccc1C(=O)O. The number of carbonyl (C=O) groups excluding carboxylic acids is 1. The third-order valence-electron chi connectivity index (χ3n) is 2.37. The zero-order valence-corrected chi connectivity index (χ0v) is 11.1. The number of carboxylic acid groups (broad SMARTS) is 1. The van der Waals surface area contributed by atoms with Crippen molar-refractivity contribution in [1.82, 2.24) is 5.32 Å². The van der Waals surface area contributed by atoms with Crippen molar-refractivity contribution >= 4 is 17.6 Å². The van der Waals surface area contributed by atoms with E-state index in [0.717, 1.165) is 0 Å². The number of para-hydroxylation sites is 1. The third-order valence-corrected chi connectivity index (χ3v) is 2.37. The second kappa shape index (κ2) is 6.08. The van der Waals surface area contributed by atoms with Crippen molar-refractivity contribution < 1.29 is 19.4 Å². The van der Waals surface area contributed by atoms with E-state index < -0.39 is 12.1 Å². The average Bonchev–Trinajstić information content (AvgIpc) is 2.30. The molecule has 1 rings (SSSR count). The molecule has 6 heteroatoms. The lowest BCUT2D eigenvalue weighted by atomic mass is 10.1. The second-order valence-electron chi connectivity index (χ2n) is 4.45. The molecule has 0 spiro atoms.